The fourth-order valence-corrected chi connectivity index (χ4v) is 3.05. The second-order valence-corrected chi connectivity index (χ2v) is 6.49. The summed E-state index contributed by atoms with van der Waals surface area (Å²) in [6, 6.07) is 17.7. The van der Waals surface area contributed by atoms with Crippen LogP contribution < -0.4 is 15.4 Å². The number of hydrogen-bond acceptors (Lipinski definition) is 4. The van der Waals surface area contributed by atoms with Crippen molar-refractivity contribution in [2.24, 2.45) is 0 Å². The Kier molecular flexibility index (Phi) is 6.16. The van der Waals surface area contributed by atoms with Crippen molar-refractivity contribution in [1.29, 1.82) is 0 Å². The second-order valence-electron chi connectivity index (χ2n) is 6.09. The molecule has 1 aromatic heterocycles. The summed E-state index contributed by atoms with van der Waals surface area (Å²) >= 11 is 6.16. The minimum Gasteiger partial charge on any atom is -0.495 e. The van der Waals surface area contributed by atoms with Gasteiger partial charge in [-0.15, -0.1) is 0 Å². The smallest absolute Gasteiger partial charge is 0.246 e. The van der Waals surface area contributed by atoms with Gasteiger partial charge in [0.1, 0.15) is 17.6 Å². The summed E-state index contributed by atoms with van der Waals surface area (Å²) in [5.74, 6) is 1.12. The number of halogens is 1. The molecule has 1 heterocycles. The SMILES string of the molecule is COc1ccc(NC(=O)[C@@H](N[C@H](C)c2ccco2)c2ccccc2)cc1Cl. The fourth-order valence-electron chi connectivity index (χ4n) is 2.80. The summed E-state index contributed by atoms with van der Waals surface area (Å²) in [4.78, 5) is 13.0. The van der Waals surface area contributed by atoms with Gasteiger partial charge < -0.3 is 14.5 Å². The molecule has 0 saturated heterocycles. The van der Waals surface area contributed by atoms with Crippen LogP contribution in [0, 0.1) is 0 Å². The average molecular weight is 385 g/mol. The van der Waals surface area contributed by atoms with Gasteiger partial charge in [0.2, 0.25) is 5.91 Å². The number of ether oxygens (including phenoxy) is 1. The molecule has 2 atom stereocenters. The Morgan fingerprint density at radius 1 is 1.11 bits per heavy atom. The predicted molar refractivity (Wildman–Crippen MR) is 106 cm³/mol. The van der Waals surface area contributed by atoms with E-state index in [0.717, 1.165) is 11.3 Å². The Morgan fingerprint density at radius 2 is 1.89 bits per heavy atom. The molecule has 27 heavy (non-hydrogen) atoms. The van der Waals surface area contributed by atoms with Crippen LogP contribution in [-0.2, 0) is 4.79 Å². The van der Waals surface area contributed by atoms with E-state index in [2.05, 4.69) is 10.6 Å². The monoisotopic (exact) mass is 384 g/mol. The Balaban J connectivity index is 1.81. The predicted octanol–water partition coefficient (Wildman–Crippen LogP) is 4.97. The summed E-state index contributed by atoms with van der Waals surface area (Å²) in [6.45, 7) is 1.95. The molecule has 140 valence electrons. The number of carbonyl (C=O) groups excluding carboxylic acids is 1. The molecule has 0 fully saturated rings. The van der Waals surface area contributed by atoms with E-state index in [1.165, 1.54) is 0 Å². The third-order valence-electron chi connectivity index (χ3n) is 4.20. The van der Waals surface area contributed by atoms with Crippen molar-refractivity contribution in [3.63, 3.8) is 0 Å². The highest BCUT2D eigenvalue weighted by atomic mass is 35.5. The molecule has 0 aliphatic heterocycles. The lowest BCUT2D eigenvalue weighted by Crippen LogP contribution is -2.34. The molecule has 2 N–H and O–H groups in total. The summed E-state index contributed by atoms with van der Waals surface area (Å²) in [5.41, 5.74) is 1.45. The van der Waals surface area contributed by atoms with Gasteiger partial charge in [-0.1, -0.05) is 41.9 Å². The summed E-state index contributed by atoms with van der Waals surface area (Å²) in [6.07, 6.45) is 1.62. The zero-order valence-electron chi connectivity index (χ0n) is 15.1. The van der Waals surface area contributed by atoms with Crippen LogP contribution in [0.4, 0.5) is 5.69 Å². The molecule has 3 aromatic rings. The van der Waals surface area contributed by atoms with Gasteiger partial charge in [-0.2, -0.15) is 0 Å². The molecule has 0 aliphatic carbocycles. The van der Waals surface area contributed by atoms with Crippen molar-refractivity contribution in [3.8, 4) is 5.75 Å². The van der Waals surface area contributed by atoms with Gasteiger partial charge in [0.15, 0.2) is 0 Å². The molecule has 2 aromatic carbocycles. The van der Waals surface area contributed by atoms with Crippen LogP contribution in [0.25, 0.3) is 0 Å². The first-order chi connectivity index (χ1) is 13.1. The zero-order valence-corrected chi connectivity index (χ0v) is 15.9. The Labute approximate surface area is 163 Å². The molecule has 0 radical (unpaired) electrons. The third kappa shape index (κ3) is 4.70. The van der Waals surface area contributed by atoms with E-state index in [-0.39, 0.29) is 11.9 Å². The van der Waals surface area contributed by atoms with Gasteiger partial charge >= 0.3 is 0 Å². The molecular weight excluding hydrogens is 364 g/mol. The lowest BCUT2D eigenvalue weighted by Gasteiger charge is -2.22. The first kappa shape index (κ1) is 19.0. The van der Waals surface area contributed by atoms with E-state index in [9.17, 15) is 4.79 Å². The number of nitrogens with one attached hydrogen (secondary N) is 2. The number of furan rings is 1. The zero-order chi connectivity index (χ0) is 19.2. The van der Waals surface area contributed by atoms with E-state index in [4.69, 9.17) is 20.8 Å². The first-order valence-electron chi connectivity index (χ1n) is 8.57. The lowest BCUT2D eigenvalue weighted by molar-refractivity contribution is -0.118. The second kappa shape index (κ2) is 8.75. The van der Waals surface area contributed by atoms with Gasteiger partial charge in [0.25, 0.3) is 0 Å². The number of amides is 1. The van der Waals surface area contributed by atoms with Crippen LogP contribution in [0.5, 0.6) is 5.75 Å². The van der Waals surface area contributed by atoms with Crippen LogP contribution in [0.3, 0.4) is 0 Å². The van der Waals surface area contributed by atoms with Gasteiger partial charge in [-0.05, 0) is 42.8 Å². The van der Waals surface area contributed by atoms with Crippen LogP contribution in [0.1, 0.15) is 30.3 Å². The number of carbonyl (C=O) groups is 1. The largest absolute Gasteiger partial charge is 0.495 e. The van der Waals surface area contributed by atoms with Crippen LogP contribution in [-0.4, -0.2) is 13.0 Å². The molecule has 6 heteroatoms. The Morgan fingerprint density at radius 3 is 2.52 bits per heavy atom. The van der Waals surface area contributed by atoms with E-state index >= 15 is 0 Å². The number of benzene rings is 2. The van der Waals surface area contributed by atoms with Crippen LogP contribution in [0.2, 0.25) is 5.02 Å². The van der Waals surface area contributed by atoms with E-state index < -0.39 is 6.04 Å². The number of hydrogen-bond donors (Lipinski definition) is 2. The Hall–Kier alpha value is -2.76. The maximum Gasteiger partial charge on any atom is 0.246 e. The molecule has 0 spiro atoms. The van der Waals surface area contributed by atoms with Crippen molar-refractivity contribution in [2.75, 3.05) is 12.4 Å². The minimum atomic E-state index is -0.563. The number of methoxy groups -OCH3 is 1. The van der Waals surface area contributed by atoms with Crippen LogP contribution in [0.15, 0.2) is 71.3 Å². The van der Waals surface area contributed by atoms with Gasteiger partial charge in [0, 0.05) is 5.69 Å². The molecule has 3 rings (SSSR count). The van der Waals surface area contributed by atoms with Gasteiger partial charge in [-0.25, -0.2) is 0 Å². The lowest BCUT2D eigenvalue weighted by atomic mass is 10.0. The highest BCUT2D eigenvalue weighted by Crippen LogP contribution is 2.28. The summed E-state index contributed by atoms with van der Waals surface area (Å²) < 4.78 is 10.6. The first-order valence-corrected chi connectivity index (χ1v) is 8.95. The van der Waals surface area contributed by atoms with Gasteiger partial charge in [-0.3, -0.25) is 10.1 Å². The molecule has 0 unspecified atom stereocenters. The quantitative estimate of drug-likeness (QED) is 0.603. The van der Waals surface area contributed by atoms with Gasteiger partial charge in [0.05, 0.1) is 24.4 Å². The highest BCUT2D eigenvalue weighted by molar-refractivity contribution is 6.32. The minimum absolute atomic E-state index is 0.143. The normalized spacial score (nSPS) is 13.0. The summed E-state index contributed by atoms with van der Waals surface area (Å²) in [7, 11) is 1.55. The Bertz CT molecular complexity index is 882. The van der Waals surface area contributed by atoms with E-state index in [0.29, 0.717) is 16.5 Å². The maximum absolute atomic E-state index is 13.0. The fraction of sp³-hybridized carbons (Fsp3) is 0.190. The third-order valence-corrected chi connectivity index (χ3v) is 4.50. The molecular formula is C21H21ClN2O3. The van der Waals surface area contributed by atoms with E-state index in [1.54, 1.807) is 31.6 Å². The standard InChI is InChI=1S/C21H21ClN2O3/c1-14(18-9-6-12-27-18)23-20(15-7-4-3-5-8-15)21(25)24-16-10-11-19(26-2)17(22)13-16/h3-14,20,23H,1-2H3,(H,24,25)/t14-,20+/m1/s1. The summed E-state index contributed by atoms with van der Waals surface area (Å²) in [5, 5.41) is 6.67. The average Bonchev–Trinajstić information content (AvgIpc) is 3.21. The number of anilines is 1. The molecule has 1 amide bonds. The molecule has 0 bridgehead atoms. The van der Waals surface area contributed by atoms with Crippen molar-refractivity contribution < 1.29 is 13.9 Å². The highest BCUT2D eigenvalue weighted by Gasteiger charge is 2.24. The topological polar surface area (TPSA) is 63.5 Å². The van der Waals surface area contributed by atoms with Crippen molar-refractivity contribution >= 4 is 23.2 Å². The number of rotatable bonds is 7. The maximum atomic E-state index is 13.0. The molecule has 5 nitrogen and oxygen atoms in total. The van der Waals surface area contributed by atoms with E-state index in [1.807, 2.05) is 49.4 Å². The molecule has 0 saturated carbocycles. The van der Waals surface area contributed by atoms with Crippen LogP contribution >= 0.6 is 11.6 Å². The molecule has 0 aliphatic rings. The van der Waals surface area contributed by atoms with Crippen molar-refractivity contribution in [1.82, 2.24) is 5.32 Å². The van der Waals surface area contributed by atoms with Crippen molar-refractivity contribution in [2.45, 2.75) is 19.0 Å². The van der Waals surface area contributed by atoms with Crippen molar-refractivity contribution in [3.05, 3.63) is 83.3 Å².